The molecule has 0 saturated carbocycles. The number of methoxy groups -OCH3 is 1. The minimum atomic E-state index is -1.95. The molecule has 3 aliphatic rings. The Morgan fingerprint density at radius 2 is 1.84 bits per heavy atom. The fraction of sp³-hybridized carbons (Fsp3) is 0.300. The Hall–Kier alpha value is -4.17. The predicted molar refractivity (Wildman–Crippen MR) is 140 cm³/mol. The van der Waals surface area contributed by atoms with E-state index < -0.39 is 23.0 Å². The van der Waals surface area contributed by atoms with Gasteiger partial charge in [-0.3, -0.25) is 9.59 Å². The topological polar surface area (TPSA) is 131 Å². The molecule has 8 heteroatoms. The molecule has 0 bridgehead atoms. The summed E-state index contributed by atoms with van der Waals surface area (Å²) in [6.45, 7) is 2.58. The quantitative estimate of drug-likeness (QED) is 0.212. The number of nitrogens with two attached hydrogens (primary N) is 1. The van der Waals surface area contributed by atoms with Gasteiger partial charge in [-0.1, -0.05) is 54.1 Å². The van der Waals surface area contributed by atoms with Gasteiger partial charge in [-0.2, -0.15) is 0 Å². The molecule has 196 valence electrons. The van der Waals surface area contributed by atoms with Crippen molar-refractivity contribution in [3.63, 3.8) is 0 Å². The maximum Gasteiger partial charge on any atom is 0.350 e. The smallest absolute Gasteiger partial charge is 0.350 e. The number of benzene rings is 2. The highest BCUT2D eigenvalue weighted by molar-refractivity contribution is 6.32. The lowest BCUT2D eigenvalue weighted by Gasteiger charge is -2.24. The van der Waals surface area contributed by atoms with Crippen molar-refractivity contribution in [2.45, 2.75) is 37.4 Å². The first kappa shape index (κ1) is 25.5. The standard InChI is InChI=1S/C30H30N2O6/c1-18(15-21(20-12-14-32-25(31)17-20)16-19-7-9-22(33)10-8-19)11-13-29-26(34)23-5-3-4-6-24(23)27(35)30(29,38-29)28(36)37-2/h3-12,17,21,32-33H,13-16,31H2,1-2H3/b18-11+/t21-,29+,30+/m1/s1. The minimum absolute atomic E-state index is 0.0668. The van der Waals surface area contributed by atoms with Gasteiger partial charge in [0.25, 0.3) is 5.60 Å². The van der Waals surface area contributed by atoms with Crippen LogP contribution in [-0.2, 0) is 20.7 Å². The molecule has 1 aliphatic carbocycles. The van der Waals surface area contributed by atoms with Crippen molar-refractivity contribution in [1.29, 1.82) is 0 Å². The van der Waals surface area contributed by atoms with Crippen molar-refractivity contribution in [3.05, 3.63) is 100 Å². The first-order valence-electron chi connectivity index (χ1n) is 12.5. The molecule has 1 fully saturated rings. The van der Waals surface area contributed by atoms with E-state index in [1.807, 2.05) is 31.2 Å². The lowest BCUT2D eigenvalue weighted by atomic mass is 9.72. The summed E-state index contributed by atoms with van der Waals surface area (Å²) in [5.74, 6) is -0.919. The van der Waals surface area contributed by atoms with Crippen LogP contribution in [0.5, 0.6) is 5.75 Å². The van der Waals surface area contributed by atoms with Gasteiger partial charge in [0, 0.05) is 24.1 Å². The monoisotopic (exact) mass is 514 g/mol. The number of dihydropyridines is 1. The summed E-state index contributed by atoms with van der Waals surface area (Å²) in [5, 5.41) is 12.8. The van der Waals surface area contributed by atoms with Gasteiger partial charge in [0.05, 0.1) is 12.9 Å². The summed E-state index contributed by atoms with van der Waals surface area (Å²) in [5.41, 5.74) is 6.03. The normalized spacial score (nSPS) is 24.8. The number of hydrogen-bond donors (Lipinski definition) is 3. The van der Waals surface area contributed by atoms with Gasteiger partial charge in [-0.15, -0.1) is 0 Å². The molecule has 2 heterocycles. The molecule has 0 amide bonds. The number of aromatic hydroxyl groups is 1. The second-order valence-electron chi connectivity index (χ2n) is 10.0. The Kier molecular flexibility index (Phi) is 6.44. The molecule has 38 heavy (non-hydrogen) atoms. The third-order valence-electron chi connectivity index (χ3n) is 7.59. The van der Waals surface area contributed by atoms with Gasteiger partial charge in [-0.05, 0) is 55.0 Å². The number of rotatable bonds is 8. The number of hydrogen-bond acceptors (Lipinski definition) is 8. The third-order valence-corrected chi connectivity index (χ3v) is 7.59. The van der Waals surface area contributed by atoms with Crippen molar-refractivity contribution in [1.82, 2.24) is 5.32 Å². The SMILES string of the molecule is COC(=O)[C@]12O[C@@]1(C/C=C(\C)C[C@H](Cc1ccc(O)cc1)C1=CCNC(N)=C1)C(=O)c1ccccc1C2=O. The molecule has 0 aromatic heterocycles. The molecular weight excluding hydrogens is 484 g/mol. The van der Waals surface area contributed by atoms with Crippen molar-refractivity contribution < 1.29 is 29.0 Å². The summed E-state index contributed by atoms with van der Waals surface area (Å²) < 4.78 is 10.7. The van der Waals surface area contributed by atoms with Gasteiger partial charge in [0.2, 0.25) is 5.78 Å². The average Bonchev–Trinajstić information content (AvgIpc) is 3.63. The van der Waals surface area contributed by atoms with Gasteiger partial charge in [0.1, 0.15) is 5.75 Å². The number of epoxide rings is 1. The Balaban J connectivity index is 1.42. The van der Waals surface area contributed by atoms with E-state index in [-0.39, 0.29) is 35.0 Å². The number of fused-ring (bicyclic) bond motifs is 2. The molecule has 2 aromatic rings. The zero-order valence-corrected chi connectivity index (χ0v) is 21.3. The van der Waals surface area contributed by atoms with Crippen molar-refractivity contribution in [2.24, 2.45) is 11.7 Å². The first-order valence-corrected chi connectivity index (χ1v) is 12.5. The van der Waals surface area contributed by atoms with E-state index in [1.165, 1.54) is 13.2 Å². The predicted octanol–water partition coefficient (Wildman–Crippen LogP) is 3.37. The van der Waals surface area contributed by atoms with Crippen molar-refractivity contribution >= 4 is 17.5 Å². The van der Waals surface area contributed by atoms with E-state index >= 15 is 0 Å². The molecule has 2 aliphatic heterocycles. The van der Waals surface area contributed by atoms with E-state index in [1.54, 1.807) is 30.3 Å². The molecule has 2 aromatic carbocycles. The highest BCUT2D eigenvalue weighted by atomic mass is 16.7. The molecule has 0 unspecified atom stereocenters. The Labute approximate surface area is 220 Å². The average molecular weight is 515 g/mol. The van der Waals surface area contributed by atoms with Gasteiger partial charge < -0.3 is 25.6 Å². The lowest BCUT2D eigenvalue weighted by molar-refractivity contribution is -0.145. The van der Waals surface area contributed by atoms with Crippen LogP contribution in [0, 0.1) is 5.92 Å². The Bertz CT molecular complexity index is 1410. The number of phenols is 1. The second-order valence-corrected chi connectivity index (χ2v) is 10.0. The molecule has 1 saturated heterocycles. The van der Waals surface area contributed by atoms with Crippen LogP contribution in [-0.4, -0.2) is 47.5 Å². The van der Waals surface area contributed by atoms with E-state index in [0.717, 1.165) is 16.7 Å². The number of carbonyl (C=O) groups is 3. The van der Waals surface area contributed by atoms with Crippen LogP contribution in [0.1, 0.15) is 46.0 Å². The van der Waals surface area contributed by atoms with Crippen molar-refractivity contribution in [2.75, 3.05) is 13.7 Å². The number of allylic oxidation sites excluding steroid dienone is 3. The Morgan fingerprint density at radius 3 is 2.50 bits per heavy atom. The fourth-order valence-electron chi connectivity index (χ4n) is 5.55. The maximum absolute atomic E-state index is 13.6. The minimum Gasteiger partial charge on any atom is -0.508 e. The lowest BCUT2D eigenvalue weighted by Crippen LogP contribution is -2.50. The summed E-state index contributed by atoms with van der Waals surface area (Å²) in [6, 6.07) is 13.6. The number of phenolic OH excluding ortho intramolecular Hbond substituents is 1. The summed E-state index contributed by atoms with van der Waals surface area (Å²) in [6.07, 6.45) is 7.32. The van der Waals surface area contributed by atoms with Crippen LogP contribution in [0.25, 0.3) is 0 Å². The molecular formula is C30H30N2O6. The van der Waals surface area contributed by atoms with Crippen LogP contribution in [0.4, 0.5) is 0 Å². The van der Waals surface area contributed by atoms with Crippen LogP contribution in [0.2, 0.25) is 0 Å². The number of ketones is 2. The number of carbonyl (C=O) groups excluding carboxylic acids is 3. The van der Waals surface area contributed by atoms with Crippen LogP contribution in [0.15, 0.2) is 83.7 Å². The van der Waals surface area contributed by atoms with E-state index in [2.05, 4.69) is 11.4 Å². The number of esters is 1. The van der Waals surface area contributed by atoms with E-state index in [0.29, 0.717) is 25.2 Å². The van der Waals surface area contributed by atoms with E-state index in [9.17, 15) is 19.5 Å². The maximum atomic E-state index is 13.6. The molecule has 0 radical (unpaired) electrons. The van der Waals surface area contributed by atoms with Gasteiger partial charge >= 0.3 is 5.97 Å². The third kappa shape index (κ3) is 4.11. The highest BCUT2D eigenvalue weighted by Crippen LogP contribution is 2.58. The Morgan fingerprint density at radius 1 is 1.16 bits per heavy atom. The zero-order valence-electron chi connectivity index (χ0n) is 21.3. The number of nitrogens with one attached hydrogen (secondary N) is 1. The molecule has 3 atom stereocenters. The van der Waals surface area contributed by atoms with Crippen LogP contribution < -0.4 is 11.1 Å². The number of ether oxygens (including phenoxy) is 2. The first-order chi connectivity index (χ1) is 18.2. The van der Waals surface area contributed by atoms with E-state index in [4.69, 9.17) is 15.2 Å². The highest BCUT2D eigenvalue weighted by Gasteiger charge is 2.85. The molecule has 5 rings (SSSR count). The summed E-state index contributed by atoms with van der Waals surface area (Å²) >= 11 is 0. The molecule has 4 N–H and O–H groups in total. The van der Waals surface area contributed by atoms with Crippen molar-refractivity contribution in [3.8, 4) is 5.75 Å². The van der Waals surface area contributed by atoms with Gasteiger partial charge in [0.15, 0.2) is 11.4 Å². The van der Waals surface area contributed by atoms with Crippen LogP contribution in [0.3, 0.4) is 0 Å². The summed E-state index contributed by atoms with van der Waals surface area (Å²) in [4.78, 5) is 39.7. The molecule has 0 spiro atoms. The van der Waals surface area contributed by atoms with Crippen LogP contribution >= 0.6 is 0 Å². The number of Topliss-reactive ketones (excluding diaryl/α,β-unsaturated/α-hetero) is 2. The fourth-order valence-corrected chi connectivity index (χ4v) is 5.55. The zero-order chi connectivity index (χ0) is 27.1. The largest absolute Gasteiger partial charge is 0.508 e. The second kappa shape index (κ2) is 9.61. The molecule has 8 nitrogen and oxygen atoms in total. The van der Waals surface area contributed by atoms with Gasteiger partial charge in [-0.25, -0.2) is 4.79 Å². The summed E-state index contributed by atoms with van der Waals surface area (Å²) in [7, 11) is 1.18.